The fourth-order valence-corrected chi connectivity index (χ4v) is 2.40. The van der Waals surface area contributed by atoms with Gasteiger partial charge in [-0.15, -0.1) is 0 Å². The summed E-state index contributed by atoms with van der Waals surface area (Å²) in [5.41, 5.74) is 8.36. The van der Waals surface area contributed by atoms with Crippen molar-refractivity contribution in [2.24, 2.45) is 11.1 Å². The van der Waals surface area contributed by atoms with Gasteiger partial charge in [0.1, 0.15) is 0 Å². The zero-order valence-corrected chi connectivity index (χ0v) is 13.2. The molecule has 4 heteroatoms. The fraction of sp³-hybridized carbons (Fsp3) is 0.529. The molecule has 114 valence electrons. The van der Waals surface area contributed by atoms with Gasteiger partial charge in [-0.25, -0.2) is 0 Å². The molecule has 0 unspecified atom stereocenters. The Bertz CT molecular complexity index is 575. The van der Waals surface area contributed by atoms with E-state index in [-0.39, 0.29) is 5.41 Å². The lowest BCUT2D eigenvalue weighted by Gasteiger charge is -2.22. The summed E-state index contributed by atoms with van der Waals surface area (Å²) in [5, 5.41) is 4.09. The third-order valence-electron chi connectivity index (χ3n) is 3.96. The predicted octanol–water partition coefficient (Wildman–Crippen LogP) is 3.28. The average molecular weight is 287 g/mol. The molecule has 0 aliphatic rings. The van der Waals surface area contributed by atoms with Gasteiger partial charge in [-0.2, -0.15) is 4.98 Å². The molecule has 0 aliphatic carbocycles. The van der Waals surface area contributed by atoms with E-state index in [9.17, 15) is 0 Å². The SMILES string of the molecule is Cc1ccccc1Cc1noc(CCC(C)(C)CCN)n1. The Hall–Kier alpha value is -1.68. The second-order valence-corrected chi connectivity index (χ2v) is 6.41. The number of nitrogens with two attached hydrogens (primary N) is 1. The molecule has 2 aromatic rings. The normalized spacial score (nSPS) is 11.8. The van der Waals surface area contributed by atoms with Crippen molar-refractivity contribution in [3.63, 3.8) is 0 Å². The molecule has 0 saturated heterocycles. The van der Waals surface area contributed by atoms with Gasteiger partial charge < -0.3 is 10.3 Å². The van der Waals surface area contributed by atoms with Gasteiger partial charge >= 0.3 is 0 Å². The first-order valence-corrected chi connectivity index (χ1v) is 7.56. The highest BCUT2D eigenvalue weighted by atomic mass is 16.5. The molecule has 1 aromatic carbocycles. The van der Waals surface area contributed by atoms with Gasteiger partial charge in [-0.3, -0.25) is 0 Å². The van der Waals surface area contributed by atoms with E-state index in [1.807, 2.05) is 12.1 Å². The van der Waals surface area contributed by atoms with Crippen LogP contribution in [0.15, 0.2) is 28.8 Å². The van der Waals surface area contributed by atoms with E-state index >= 15 is 0 Å². The molecule has 2 rings (SSSR count). The lowest BCUT2D eigenvalue weighted by Crippen LogP contribution is -2.17. The summed E-state index contributed by atoms with van der Waals surface area (Å²) in [5.74, 6) is 1.49. The van der Waals surface area contributed by atoms with Crippen molar-refractivity contribution in [2.75, 3.05) is 6.54 Å². The second kappa shape index (κ2) is 6.85. The van der Waals surface area contributed by atoms with Crippen molar-refractivity contribution < 1.29 is 4.52 Å². The number of aromatic nitrogens is 2. The number of hydrogen-bond acceptors (Lipinski definition) is 4. The monoisotopic (exact) mass is 287 g/mol. The summed E-state index contributed by atoms with van der Waals surface area (Å²) in [6, 6.07) is 8.29. The molecule has 1 aromatic heterocycles. The van der Waals surface area contributed by atoms with Crippen LogP contribution in [-0.4, -0.2) is 16.7 Å². The third-order valence-corrected chi connectivity index (χ3v) is 3.96. The molecular weight excluding hydrogens is 262 g/mol. The largest absolute Gasteiger partial charge is 0.339 e. The molecule has 0 radical (unpaired) electrons. The van der Waals surface area contributed by atoms with Crippen LogP contribution in [0.1, 0.15) is 49.5 Å². The maximum Gasteiger partial charge on any atom is 0.226 e. The maximum atomic E-state index is 5.64. The zero-order chi connectivity index (χ0) is 15.3. The summed E-state index contributed by atoms with van der Waals surface area (Å²) in [6.07, 6.45) is 3.56. The van der Waals surface area contributed by atoms with Crippen LogP contribution in [0.5, 0.6) is 0 Å². The minimum Gasteiger partial charge on any atom is -0.339 e. The highest BCUT2D eigenvalue weighted by Crippen LogP contribution is 2.26. The van der Waals surface area contributed by atoms with Gasteiger partial charge in [0.05, 0.1) is 0 Å². The second-order valence-electron chi connectivity index (χ2n) is 6.41. The Labute approximate surface area is 126 Å². The van der Waals surface area contributed by atoms with Crippen LogP contribution in [-0.2, 0) is 12.8 Å². The van der Waals surface area contributed by atoms with Crippen molar-refractivity contribution in [1.82, 2.24) is 10.1 Å². The summed E-state index contributed by atoms with van der Waals surface area (Å²) < 4.78 is 5.36. The van der Waals surface area contributed by atoms with E-state index in [1.165, 1.54) is 11.1 Å². The summed E-state index contributed by atoms with van der Waals surface area (Å²) >= 11 is 0. The van der Waals surface area contributed by atoms with E-state index in [0.29, 0.717) is 0 Å². The van der Waals surface area contributed by atoms with E-state index in [4.69, 9.17) is 10.3 Å². The van der Waals surface area contributed by atoms with E-state index in [1.54, 1.807) is 0 Å². The van der Waals surface area contributed by atoms with Crippen molar-refractivity contribution >= 4 is 0 Å². The third kappa shape index (κ3) is 4.67. The lowest BCUT2D eigenvalue weighted by molar-refractivity contribution is 0.289. The summed E-state index contributed by atoms with van der Waals surface area (Å²) in [7, 11) is 0. The van der Waals surface area contributed by atoms with Gasteiger partial charge in [0.25, 0.3) is 0 Å². The Morgan fingerprint density at radius 1 is 1.19 bits per heavy atom. The van der Waals surface area contributed by atoms with Crippen LogP contribution in [0.2, 0.25) is 0 Å². The van der Waals surface area contributed by atoms with E-state index in [2.05, 4.69) is 43.0 Å². The van der Waals surface area contributed by atoms with Crippen LogP contribution in [0.3, 0.4) is 0 Å². The van der Waals surface area contributed by atoms with E-state index in [0.717, 1.165) is 43.9 Å². The quantitative estimate of drug-likeness (QED) is 0.848. The maximum absolute atomic E-state index is 5.64. The summed E-state index contributed by atoms with van der Waals surface area (Å²) in [4.78, 5) is 4.50. The first-order chi connectivity index (χ1) is 10.00. The molecule has 0 atom stereocenters. The standard InChI is InChI=1S/C17H25N3O/c1-13-6-4-5-7-14(13)12-15-19-16(21-20-15)8-9-17(2,3)10-11-18/h4-7H,8-12,18H2,1-3H3. The zero-order valence-electron chi connectivity index (χ0n) is 13.2. The van der Waals surface area contributed by atoms with Crippen LogP contribution in [0.25, 0.3) is 0 Å². The Balaban J connectivity index is 1.94. The number of nitrogens with zero attached hydrogens (tertiary/aromatic N) is 2. The smallest absolute Gasteiger partial charge is 0.226 e. The Morgan fingerprint density at radius 2 is 1.95 bits per heavy atom. The average Bonchev–Trinajstić information content (AvgIpc) is 2.87. The molecule has 0 saturated carbocycles. The first-order valence-electron chi connectivity index (χ1n) is 7.56. The van der Waals surface area contributed by atoms with Gasteiger partial charge in [0, 0.05) is 12.8 Å². The number of hydrogen-bond donors (Lipinski definition) is 1. The number of aryl methyl sites for hydroxylation is 2. The summed E-state index contributed by atoms with van der Waals surface area (Å²) in [6.45, 7) is 7.27. The van der Waals surface area contributed by atoms with Crippen LogP contribution < -0.4 is 5.73 Å². The molecule has 0 fully saturated rings. The van der Waals surface area contributed by atoms with Gasteiger partial charge in [0.2, 0.25) is 5.89 Å². The van der Waals surface area contributed by atoms with Gasteiger partial charge in [-0.05, 0) is 42.9 Å². The minimum atomic E-state index is 0.222. The lowest BCUT2D eigenvalue weighted by atomic mass is 9.84. The first kappa shape index (κ1) is 15.7. The van der Waals surface area contributed by atoms with E-state index < -0.39 is 0 Å². The van der Waals surface area contributed by atoms with Gasteiger partial charge in [-0.1, -0.05) is 43.3 Å². The topological polar surface area (TPSA) is 64.9 Å². The van der Waals surface area contributed by atoms with Gasteiger partial charge in [0.15, 0.2) is 5.82 Å². The molecule has 0 spiro atoms. The minimum absolute atomic E-state index is 0.222. The fourth-order valence-electron chi connectivity index (χ4n) is 2.40. The van der Waals surface area contributed by atoms with Crippen LogP contribution in [0.4, 0.5) is 0 Å². The van der Waals surface area contributed by atoms with Crippen molar-refractivity contribution in [3.05, 3.63) is 47.1 Å². The molecule has 0 aliphatic heterocycles. The Morgan fingerprint density at radius 3 is 2.67 bits per heavy atom. The molecule has 21 heavy (non-hydrogen) atoms. The highest BCUT2D eigenvalue weighted by molar-refractivity contribution is 5.27. The molecule has 2 N–H and O–H groups in total. The molecule has 1 heterocycles. The molecule has 0 amide bonds. The molecular formula is C17H25N3O. The number of rotatable bonds is 7. The highest BCUT2D eigenvalue weighted by Gasteiger charge is 2.18. The Kier molecular flexibility index (Phi) is 5.12. The van der Waals surface area contributed by atoms with Crippen molar-refractivity contribution in [2.45, 2.75) is 46.5 Å². The predicted molar refractivity (Wildman–Crippen MR) is 84.1 cm³/mol. The molecule has 0 bridgehead atoms. The number of benzene rings is 1. The van der Waals surface area contributed by atoms with Crippen molar-refractivity contribution in [3.8, 4) is 0 Å². The van der Waals surface area contributed by atoms with Crippen LogP contribution >= 0.6 is 0 Å². The molecule has 4 nitrogen and oxygen atoms in total. The van der Waals surface area contributed by atoms with Crippen LogP contribution in [0, 0.1) is 12.3 Å². The van der Waals surface area contributed by atoms with Crippen molar-refractivity contribution in [1.29, 1.82) is 0 Å².